The van der Waals surface area contributed by atoms with Crippen molar-refractivity contribution in [2.24, 2.45) is 22.7 Å². The number of carboxylic acids is 1. The van der Waals surface area contributed by atoms with Gasteiger partial charge in [-0.3, -0.25) is 9.79 Å². The van der Waals surface area contributed by atoms with Crippen molar-refractivity contribution in [3.63, 3.8) is 0 Å². The Kier molecular flexibility index (Phi) is 7.84. The average Bonchev–Trinajstić information content (AvgIpc) is 3.31. The number of hydrogen-bond donors (Lipinski definition) is 3. The monoisotopic (exact) mass is 374 g/mol. The minimum Gasteiger partial charge on any atom is -0.481 e. The topological polar surface area (TPSA) is 116 Å². The molecule has 1 aliphatic heterocycles. The molecule has 0 spiro atoms. The number of aliphatic carboxylic acids is 1. The minimum atomic E-state index is -0.827. The molecule has 148 valence electrons. The molecule has 0 aliphatic carbocycles. The molecule has 0 radical (unpaired) electrons. The zero-order valence-electron chi connectivity index (χ0n) is 16.4. The van der Waals surface area contributed by atoms with Crippen molar-refractivity contribution >= 4 is 12.7 Å². The van der Waals surface area contributed by atoms with E-state index in [0.29, 0.717) is 24.6 Å². The number of allylic oxidation sites excluding steroid dienone is 3. The summed E-state index contributed by atoms with van der Waals surface area (Å²) in [7, 11) is 0. The highest BCUT2D eigenvalue weighted by molar-refractivity contribution is 5.71. The van der Waals surface area contributed by atoms with Crippen LogP contribution in [-0.4, -0.2) is 51.5 Å². The van der Waals surface area contributed by atoms with E-state index in [4.69, 9.17) is 0 Å². The third kappa shape index (κ3) is 6.09. The summed E-state index contributed by atoms with van der Waals surface area (Å²) in [5.41, 5.74) is 2.01. The number of carboxylic acid groups (broad SMARTS) is 1. The number of aromatic amines is 1. The number of hydrogen-bond acceptors (Lipinski definition) is 6. The predicted molar refractivity (Wildman–Crippen MR) is 104 cm³/mol. The van der Waals surface area contributed by atoms with Crippen LogP contribution in [0.15, 0.2) is 28.4 Å². The number of aliphatic imine (C=N–C) groups is 1. The second-order valence-corrected chi connectivity index (χ2v) is 7.61. The minimum absolute atomic E-state index is 0.260. The summed E-state index contributed by atoms with van der Waals surface area (Å²) >= 11 is 0. The first kappa shape index (κ1) is 21.0. The molecule has 1 saturated heterocycles. The van der Waals surface area contributed by atoms with Gasteiger partial charge in [0.1, 0.15) is 0 Å². The van der Waals surface area contributed by atoms with E-state index in [1.165, 1.54) is 0 Å². The van der Waals surface area contributed by atoms with Crippen molar-refractivity contribution in [1.82, 2.24) is 25.9 Å². The van der Waals surface area contributed by atoms with Crippen molar-refractivity contribution in [2.45, 2.75) is 46.0 Å². The van der Waals surface area contributed by atoms with Gasteiger partial charge in [-0.25, -0.2) is 0 Å². The Morgan fingerprint density at radius 2 is 2.22 bits per heavy atom. The summed E-state index contributed by atoms with van der Waals surface area (Å²) < 4.78 is 0. The van der Waals surface area contributed by atoms with Gasteiger partial charge in [0.25, 0.3) is 0 Å². The number of rotatable bonds is 10. The van der Waals surface area contributed by atoms with Crippen molar-refractivity contribution in [1.29, 1.82) is 0 Å². The molecule has 8 heteroatoms. The van der Waals surface area contributed by atoms with Gasteiger partial charge in [-0.05, 0) is 51.4 Å². The van der Waals surface area contributed by atoms with Crippen LogP contribution in [0.1, 0.15) is 51.8 Å². The van der Waals surface area contributed by atoms with Crippen molar-refractivity contribution in [3.8, 4) is 0 Å². The third-order valence-electron chi connectivity index (χ3n) is 4.96. The van der Waals surface area contributed by atoms with E-state index in [0.717, 1.165) is 30.8 Å². The molecule has 3 atom stereocenters. The molecular weight excluding hydrogens is 344 g/mol. The zero-order valence-corrected chi connectivity index (χ0v) is 16.4. The Balaban J connectivity index is 2.20. The van der Waals surface area contributed by atoms with Crippen LogP contribution in [0, 0.1) is 17.8 Å². The number of nitrogens with zero attached hydrogens (tertiary/aromatic N) is 4. The molecule has 27 heavy (non-hydrogen) atoms. The summed E-state index contributed by atoms with van der Waals surface area (Å²) in [6.07, 6.45) is 6.16. The molecule has 2 heterocycles. The molecule has 0 saturated carbocycles. The highest BCUT2D eigenvalue weighted by atomic mass is 16.4. The smallest absolute Gasteiger partial charge is 0.307 e. The number of tetrazole rings is 1. The van der Waals surface area contributed by atoms with Gasteiger partial charge in [-0.1, -0.05) is 30.7 Å². The Morgan fingerprint density at radius 3 is 2.74 bits per heavy atom. The largest absolute Gasteiger partial charge is 0.481 e. The van der Waals surface area contributed by atoms with Crippen molar-refractivity contribution in [3.05, 3.63) is 29.2 Å². The SMILES string of the molecule is C=N/C(=C\C=C(/C)C[C@H](c1nn[nH]n1)[C@H](CC(C)C)C(=O)O)C1CCNC1. The van der Waals surface area contributed by atoms with Gasteiger partial charge in [0.2, 0.25) is 0 Å². The lowest BCUT2D eigenvalue weighted by atomic mass is 9.81. The molecule has 0 amide bonds. The Labute approximate surface area is 160 Å². The van der Waals surface area contributed by atoms with Crippen LogP contribution in [0.3, 0.4) is 0 Å². The first-order chi connectivity index (χ1) is 12.9. The number of H-pyrrole nitrogens is 1. The molecule has 1 fully saturated rings. The summed E-state index contributed by atoms with van der Waals surface area (Å²) in [5.74, 6) is -0.634. The van der Waals surface area contributed by atoms with Crippen LogP contribution in [0.25, 0.3) is 0 Å². The van der Waals surface area contributed by atoms with Crippen LogP contribution >= 0.6 is 0 Å². The zero-order chi connectivity index (χ0) is 19.8. The van der Waals surface area contributed by atoms with E-state index < -0.39 is 11.9 Å². The summed E-state index contributed by atoms with van der Waals surface area (Å²) in [6.45, 7) is 11.6. The van der Waals surface area contributed by atoms with E-state index in [9.17, 15) is 9.90 Å². The first-order valence-corrected chi connectivity index (χ1v) is 9.43. The lowest BCUT2D eigenvalue weighted by molar-refractivity contribution is -0.143. The molecule has 1 aliphatic rings. The van der Waals surface area contributed by atoms with Gasteiger partial charge in [0, 0.05) is 24.1 Å². The fraction of sp³-hybridized carbons (Fsp3) is 0.632. The number of carbonyl (C=O) groups is 1. The maximum atomic E-state index is 11.9. The molecule has 2 rings (SSSR count). The van der Waals surface area contributed by atoms with Crippen LogP contribution < -0.4 is 5.32 Å². The lowest BCUT2D eigenvalue weighted by Gasteiger charge is -2.23. The van der Waals surface area contributed by atoms with Gasteiger partial charge in [-0.15, -0.1) is 10.2 Å². The molecule has 0 aromatic carbocycles. The third-order valence-corrected chi connectivity index (χ3v) is 4.96. The van der Waals surface area contributed by atoms with E-state index in [1.807, 2.05) is 32.9 Å². The van der Waals surface area contributed by atoms with Crippen molar-refractivity contribution < 1.29 is 9.90 Å². The second kappa shape index (κ2) is 10.1. The molecule has 3 N–H and O–H groups in total. The standard InChI is InChI=1S/C19H30N6O2/c1-12(2)9-16(19(26)27)15(18-22-24-25-23-18)10-13(3)5-6-17(20-4)14-7-8-21-11-14/h5-6,12,14-16,21H,4,7-11H2,1-3H3,(H,26,27)(H,22,23,24,25)/b13-5+,17-6-/t14?,15-,16-/m0/s1. The summed E-state index contributed by atoms with van der Waals surface area (Å²) in [5, 5.41) is 27.3. The fourth-order valence-electron chi connectivity index (χ4n) is 3.55. The Morgan fingerprint density at radius 1 is 1.44 bits per heavy atom. The highest BCUT2D eigenvalue weighted by Crippen LogP contribution is 2.33. The van der Waals surface area contributed by atoms with E-state index in [1.54, 1.807) is 0 Å². The quantitative estimate of drug-likeness (QED) is 0.428. The summed E-state index contributed by atoms with van der Waals surface area (Å²) in [6, 6.07) is 0. The normalized spacial score (nSPS) is 20.7. The maximum absolute atomic E-state index is 11.9. The van der Waals surface area contributed by atoms with Gasteiger partial charge in [0.05, 0.1) is 5.92 Å². The number of nitrogens with one attached hydrogen (secondary N) is 2. The average molecular weight is 374 g/mol. The molecule has 0 bridgehead atoms. The van der Waals surface area contributed by atoms with Gasteiger partial charge >= 0.3 is 5.97 Å². The second-order valence-electron chi connectivity index (χ2n) is 7.61. The van der Waals surface area contributed by atoms with Gasteiger partial charge in [0.15, 0.2) is 5.82 Å². The van der Waals surface area contributed by atoms with Crippen LogP contribution in [0.5, 0.6) is 0 Å². The predicted octanol–water partition coefficient (Wildman–Crippen LogP) is 2.56. The highest BCUT2D eigenvalue weighted by Gasteiger charge is 2.33. The number of aromatic nitrogens is 4. The van der Waals surface area contributed by atoms with E-state index >= 15 is 0 Å². The fourth-order valence-corrected chi connectivity index (χ4v) is 3.55. The molecule has 1 aromatic heterocycles. The Hall–Kier alpha value is -2.35. The summed E-state index contributed by atoms with van der Waals surface area (Å²) in [4.78, 5) is 16.1. The van der Waals surface area contributed by atoms with Crippen LogP contribution in [-0.2, 0) is 4.79 Å². The Bertz CT molecular complexity index is 674. The van der Waals surface area contributed by atoms with Crippen molar-refractivity contribution in [2.75, 3.05) is 13.1 Å². The van der Waals surface area contributed by atoms with Crippen LogP contribution in [0.2, 0.25) is 0 Å². The first-order valence-electron chi connectivity index (χ1n) is 9.43. The van der Waals surface area contributed by atoms with Gasteiger partial charge < -0.3 is 10.4 Å². The molecule has 8 nitrogen and oxygen atoms in total. The molecule has 1 aromatic rings. The van der Waals surface area contributed by atoms with Gasteiger partial charge in [-0.2, -0.15) is 5.21 Å². The van der Waals surface area contributed by atoms with Crippen LogP contribution in [0.4, 0.5) is 0 Å². The lowest BCUT2D eigenvalue weighted by Crippen LogP contribution is -2.25. The molecular formula is C19H30N6O2. The maximum Gasteiger partial charge on any atom is 0.307 e. The van der Waals surface area contributed by atoms with E-state index in [2.05, 4.69) is 37.7 Å². The molecule has 1 unspecified atom stereocenters. The van der Waals surface area contributed by atoms with E-state index in [-0.39, 0.29) is 11.8 Å².